The van der Waals surface area contributed by atoms with Crippen LogP contribution in [0, 0.1) is 6.92 Å². The summed E-state index contributed by atoms with van der Waals surface area (Å²) >= 11 is 0. The second-order valence-electron chi connectivity index (χ2n) is 6.02. The van der Waals surface area contributed by atoms with E-state index in [1.54, 1.807) is 0 Å². The molecule has 0 N–H and O–H groups in total. The van der Waals surface area contributed by atoms with E-state index < -0.39 is 0 Å². The summed E-state index contributed by atoms with van der Waals surface area (Å²) in [6.45, 7) is 6.55. The van der Waals surface area contributed by atoms with Crippen LogP contribution in [0.4, 0.5) is 6.01 Å². The second-order valence-corrected chi connectivity index (χ2v) is 6.02. The molecule has 0 saturated carbocycles. The fourth-order valence-corrected chi connectivity index (χ4v) is 3.28. The molecule has 3 aliphatic rings. The van der Waals surface area contributed by atoms with Crippen molar-refractivity contribution < 1.29 is 4.42 Å². The van der Waals surface area contributed by atoms with Crippen molar-refractivity contribution in [1.82, 2.24) is 15.1 Å². The topological polar surface area (TPSA) is 45.4 Å². The number of piperidine rings is 1. The molecule has 2 bridgehead atoms. The van der Waals surface area contributed by atoms with E-state index in [-0.39, 0.29) is 0 Å². The minimum atomic E-state index is 0.551. The lowest BCUT2D eigenvalue weighted by molar-refractivity contribution is 0.249. The lowest BCUT2D eigenvalue weighted by Gasteiger charge is -2.29. The quantitative estimate of drug-likeness (QED) is 0.847. The van der Waals surface area contributed by atoms with Gasteiger partial charge in [0.15, 0.2) is 0 Å². The molecule has 5 heteroatoms. The molecule has 0 aliphatic carbocycles. The number of fused-ring (bicyclic) bond motifs is 4. The zero-order valence-corrected chi connectivity index (χ0v) is 12.3. The van der Waals surface area contributed by atoms with Crippen LogP contribution in [0.2, 0.25) is 0 Å². The van der Waals surface area contributed by atoms with Gasteiger partial charge in [-0.3, -0.25) is 0 Å². The summed E-state index contributed by atoms with van der Waals surface area (Å²) in [5.41, 5.74) is 2.22. The van der Waals surface area contributed by atoms with Crippen LogP contribution in [0.1, 0.15) is 18.4 Å². The molecule has 110 valence electrons. The zero-order valence-electron chi connectivity index (χ0n) is 12.3. The Morgan fingerprint density at radius 2 is 1.76 bits per heavy atom. The molecule has 0 spiro atoms. The summed E-state index contributed by atoms with van der Waals surface area (Å²) in [4.78, 5) is 4.82. The Labute approximate surface area is 124 Å². The van der Waals surface area contributed by atoms with Crippen molar-refractivity contribution >= 4 is 6.01 Å². The highest BCUT2D eigenvalue weighted by Gasteiger charge is 2.31. The van der Waals surface area contributed by atoms with E-state index >= 15 is 0 Å². The zero-order chi connectivity index (χ0) is 14.2. The van der Waals surface area contributed by atoms with Crippen LogP contribution in [0.3, 0.4) is 0 Å². The van der Waals surface area contributed by atoms with Crippen molar-refractivity contribution in [2.45, 2.75) is 25.8 Å². The van der Waals surface area contributed by atoms with Crippen LogP contribution in [-0.4, -0.2) is 47.3 Å². The summed E-state index contributed by atoms with van der Waals surface area (Å²) in [5, 5.41) is 8.52. The molecule has 0 atom stereocenters. The van der Waals surface area contributed by atoms with E-state index in [1.165, 1.54) is 31.5 Å². The summed E-state index contributed by atoms with van der Waals surface area (Å²) in [7, 11) is 0. The van der Waals surface area contributed by atoms with Gasteiger partial charge in [0.05, 0.1) is 0 Å². The lowest BCUT2D eigenvalue weighted by atomic mass is 10.1. The van der Waals surface area contributed by atoms with Crippen molar-refractivity contribution in [3.05, 3.63) is 29.8 Å². The molecule has 3 saturated heterocycles. The maximum absolute atomic E-state index is 5.94. The van der Waals surface area contributed by atoms with Gasteiger partial charge in [-0.2, -0.15) is 0 Å². The number of aromatic nitrogens is 2. The van der Waals surface area contributed by atoms with Crippen molar-refractivity contribution in [2.75, 3.05) is 31.1 Å². The molecular formula is C16H20N4O. The minimum absolute atomic E-state index is 0.551. The van der Waals surface area contributed by atoms with Gasteiger partial charge in [0, 0.05) is 37.8 Å². The van der Waals surface area contributed by atoms with Gasteiger partial charge in [0.25, 0.3) is 0 Å². The van der Waals surface area contributed by atoms with E-state index in [2.05, 4.69) is 39.1 Å². The molecule has 3 fully saturated rings. The van der Waals surface area contributed by atoms with E-state index in [1.807, 2.05) is 12.1 Å². The molecule has 1 aromatic carbocycles. The first-order valence-corrected chi connectivity index (χ1v) is 7.69. The Hall–Kier alpha value is -1.88. The molecule has 4 heterocycles. The first-order chi connectivity index (χ1) is 10.3. The fraction of sp³-hybridized carbons (Fsp3) is 0.500. The Bertz CT molecular complexity index is 613. The van der Waals surface area contributed by atoms with Gasteiger partial charge >= 0.3 is 6.01 Å². The third kappa shape index (κ3) is 2.42. The van der Waals surface area contributed by atoms with E-state index in [0.717, 1.165) is 18.7 Å². The summed E-state index contributed by atoms with van der Waals surface area (Å²) < 4.78 is 5.94. The first-order valence-electron chi connectivity index (χ1n) is 7.69. The third-order valence-corrected chi connectivity index (χ3v) is 4.61. The molecule has 3 aliphatic heterocycles. The van der Waals surface area contributed by atoms with E-state index in [0.29, 0.717) is 17.9 Å². The van der Waals surface area contributed by atoms with E-state index in [4.69, 9.17) is 4.42 Å². The number of hydrogen-bond acceptors (Lipinski definition) is 5. The average molecular weight is 284 g/mol. The van der Waals surface area contributed by atoms with Crippen molar-refractivity contribution in [2.24, 2.45) is 0 Å². The van der Waals surface area contributed by atoms with Crippen molar-refractivity contribution in [3.63, 3.8) is 0 Å². The summed E-state index contributed by atoms with van der Waals surface area (Å²) in [5.74, 6) is 0.615. The third-order valence-electron chi connectivity index (χ3n) is 4.61. The molecule has 0 amide bonds. The van der Waals surface area contributed by atoms with Gasteiger partial charge in [0.2, 0.25) is 5.89 Å². The van der Waals surface area contributed by atoms with Gasteiger partial charge in [-0.1, -0.05) is 22.8 Å². The van der Waals surface area contributed by atoms with Crippen LogP contribution in [0.15, 0.2) is 28.7 Å². The van der Waals surface area contributed by atoms with Crippen LogP contribution in [-0.2, 0) is 0 Å². The minimum Gasteiger partial charge on any atom is -0.403 e. The van der Waals surface area contributed by atoms with Crippen LogP contribution < -0.4 is 4.90 Å². The molecule has 5 nitrogen and oxygen atoms in total. The maximum Gasteiger partial charge on any atom is 0.318 e. The largest absolute Gasteiger partial charge is 0.403 e. The number of rotatable bonds is 2. The van der Waals surface area contributed by atoms with Crippen molar-refractivity contribution in [3.8, 4) is 11.5 Å². The summed E-state index contributed by atoms with van der Waals surface area (Å²) in [6.07, 6.45) is 2.39. The SMILES string of the molecule is Cc1ccc(-c2nnc(N3CCN4CCC3CC4)o2)cc1. The normalized spacial score (nSPS) is 25.1. The molecule has 0 unspecified atom stereocenters. The second kappa shape index (κ2) is 5.15. The summed E-state index contributed by atoms with van der Waals surface area (Å²) in [6, 6.07) is 9.44. The van der Waals surface area contributed by atoms with Gasteiger partial charge in [-0.15, -0.1) is 5.10 Å². The predicted octanol–water partition coefficient (Wildman–Crippen LogP) is 2.33. The highest BCUT2D eigenvalue weighted by Crippen LogP contribution is 2.28. The van der Waals surface area contributed by atoms with Gasteiger partial charge in [-0.05, 0) is 31.9 Å². The highest BCUT2D eigenvalue weighted by molar-refractivity contribution is 5.54. The Morgan fingerprint density at radius 3 is 2.52 bits per heavy atom. The van der Waals surface area contributed by atoms with Crippen LogP contribution >= 0.6 is 0 Å². The molecule has 1 aromatic heterocycles. The molecule has 0 radical (unpaired) electrons. The van der Waals surface area contributed by atoms with Gasteiger partial charge in [-0.25, -0.2) is 0 Å². The smallest absolute Gasteiger partial charge is 0.318 e. The molecule has 21 heavy (non-hydrogen) atoms. The number of benzene rings is 1. The standard InChI is InChI=1S/C16H20N4O/c1-12-2-4-13(5-3-12)15-17-18-16(21-15)20-11-10-19-8-6-14(20)7-9-19/h2-5,14H,6-11H2,1H3. The molecule has 2 aromatic rings. The molecule has 5 rings (SSSR count). The van der Waals surface area contributed by atoms with E-state index in [9.17, 15) is 0 Å². The lowest BCUT2D eigenvalue weighted by Crippen LogP contribution is -2.38. The Kier molecular flexibility index (Phi) is 3.15. The maximum atomic E-state index is 5.94. The number of nitrogens with zero attached hydrogens (tertiary/aromatic N) is 4. The highest BCUT2D eigenvalue weighted by atomic mass is 16.4. The number of aryl methyl sites for hydroxylation is 1. The van der Waals surface area contributed by atoms with Crippen LogP contribution in [0.5, 0.6) is 0 Å². The molecular weight excluding hydrogens is 264 g/mol. The fourth-order valence-electron chi connectivity index (χ4n) is 3.28. The van der Waals surface area contributed by atoms with Crippen LogP contribution in [0.25, 0.3) is 11.5 Å². The van der Waals surface area contributed by atoms with Crippen molar-refractivity contribution in [1.29, 1.82) is 0 Å². The number of hydrogen-bond donors (Lipinski definition) is 0. The monoisotopic (exact) mass is 284 g/mol. The Balaban J connectivity index is 1.60. The Morgan fingerprint density at radius 1 is 1.00 bits per heavy atom. The number of anilines is 1. The predicted molar refractivity (Wildman–Crippen MR) is 81.3 cm³/mol. The van der Waals surface area contributed by atoms with Gasteiger partial charge < -0.3 is 14.2 Å². The van der Waals surface area contributed by atoms with Gasteiger partial charge in [0.1, 0.15) is 0 Å². The first kappa shape index (κ1) is 12.8. The average Bonchev–Trinajstić information content (AvgIpc) is 2.81.